The summed E-state index contributed by atoms with van der Waals surface area (Å²) in [6.45, 7) is 11.2. The highest BCUT2D eigenvalue weighted by Crippen LogP contribution is 2.35. The fraction of sp³-hybridized carbons (Fsp3) is 0.667. The highest BCUT2D eigenvalue weighted by Gasteiger charge is 2.34. The van der Waals surface area contributed by atoms with Gasteiger partial charge in [0.1, 0.15) is 5.82 Å². The minimum Gasteiger partial charge on any atom is -0.381 e. The van der Waals surface area contributed by atoms with Crippen LogP contribution in [-0.4, -0.2) is 25.3 Å². The summed E-state index contributed by atoms with van der Waals surface area (Å²) in [7, 11) is 0. The van der Waals surface area contributed by atoms with Crippen molar-refractivity contribution in [2.24, 2.45) is 5.41 Å². The van der Waals surface area contributed by atoms with Gasteiger partial charge in [0, 0.05) is 25.3 Å². The largest absolute Gasteiger partial charge is 0.381 e. The Labute approximate surface area is 128 Å². The molecule has 0 spiro atoms. The van der Waals surface area contributed by atoms with Gasteiger partial charge < -0.3 is 10.1 Å². The molecule has 0 saturated carbocycles. The lowest BCUT2D eigenvalue weighted by Crippen LogP contribution is -2.47. The summed E-state index contributed by atoms with van der Waals surface area (Å²) in [6.07, 6.45) is 3.12. The molecule has 2 nitrogen and oxygen atoms in total. The Bertz CT molecular complexity index is 473. The van der Waals surface area contributed by atoms with Crippen LogP contribution in [0.2, 0.25) is 0 Å². The van der Waals surface area contributed by atoms with Crippen molar-refractivity contribution in [3.63, 3.8) is 0 Å². The van der Waals surface area contributed by atoms with Crippen molar-refractivity contribution in [1.82, 2.24) is 5.32 Å². The number of nitrogens with one attached hydrogen (secondary N) is 1. The normalized spacial score (nSPS) is 18.7. The monoisotopic (exact) mass is 293 g/mol. The van der Waals surface area contributed by atoms with Crippen LogP contribution in [0.5, 0.6) is 0 Å². The number of rotatable bonds is 4. The molecule has 21 heavy (non-hydrogen) atoms. The summed E-state index contributed by atoms with van der Waals surface area (Å²) in [5.74, 6) is -0.148. The number of aryl methyl sites for hydroxylation is 1. The van der Waals surface area contributed by atoms with Crippen LogP contribution in [-0.2, 0) is 11.2 Å². The predicted octanol–water partition coefficient (Wildman–Crippen LogP) is 3.86. The molecular formula is C18H28FNO. The van der Waals surface area contributed by atoms with E-state index in [0.717, 1.165) is 44.6 Å². The van der Waals surface area contributed by atoms with Gasteiger partial charge in [-0.05, 0) is 75.6 Å². The molecule has 1 N–H and O–H groups in total. The topological polar surface area (TPSA) is 21.3 Å². The van der Waals surface area contributed by atoms with E-state index in [2.05, 4.69) is 26.1 Å². The molecule has 3 heteroatoms. The van der Waals surface area contributed by atoms with Crippen molar-refractivity contribution < 1.29 is 9.13 Å². The second kappa shape index (κ2) is 6.45. The SMILES string of the molecule is Cc1cc(F)ccc1CC1(CNC(C)(C)C)CCOCC1. The van der Waals surface area contributed by atoms with Crippen molar-refractivity contribution >= 4 is 0 Å². The fourth-order valence-corrected chi connectivity index (χ4v) is 2.93. The number of ether oxygens (including phenoxy) is 1. The average molecular weight is 293 g/mol. The molecule has 0 amide bonds. The van der Waals surface area contributed by atoms with Crippen molar-refractivity contribution in [2.75, 3.05) is 19.8 Å². The molecule has 118 valence electrons. The maximum absolute atomic E-state index is 13.3. The van der Waals surface area contributed by atoms with Crippen LogP contribution in [0.25, 0.3) is 0 Å². The van der Waals surface area contributed by atoms with E-state index in [9.17, 15) is 4.39 Å². The highest BCUT2D eigenvalue weighted by atomic mass is 19.1. The van der Waals surface area contributed by atoms with Crippen LogP contribution >= 0.6 is 0 Å². The van der Waals surface area contributed by atoms with Gasteiger partial charge in [0.25, 0.3) is 0 Å². The minimum absolute atomic E-state index is 0.114. The van der Waals surface area contributed by atoms with Gasteiger partial charge in [0.2, 0.25) is 0 Å². The molecular weight excluding hydrogens is 265 g/mol. The van der Waals surface area contributed by atoms with E-state index >= 15 is 0 Å². The minimum atomic E-state index is -0.148. The van der Waals surface area contributed by atoms with E-state index in [4.69, 9.17) is 4.74 Å². The molecule has 2 rings (SSSR count). The van der Waals surface area contributed by atoms with Gasteiger partial charge in [-0.2, -0.15) is 0 Å². The van der Waals surface area contributed by atoms with E-state index in [1.807, 2.05) is 13.0 Å². The maximum Gasteiger partial charge on any atom is 0.123 e. The molecule has 0 atom stereocenters. The molecule has 0 unspecified atom stereocenters. The summed E-state index contributed by atoms with van der Waals surface area (Å²) in [5, 5.41) is 3.65. The summed E-state index contributed by atoms with van der Waals surface area (Å²) >= 11 is 0. The van der Waals surface area contributed by atoms with Crippen molar-refractivity contribution in [2.45, 2.75) is 52.5 Å². The highest BCUT2D eigenvalue weighted by molar-refractivity contribution is 5.28. The molecule has 1 aromatic carbocycles. The Morgan fingerprint density at radius 2 is 1.90 bits per heavy atom. The Kier molecular flexibility index (Phi) is 5.05. The number of hydrogen-bond donors (Lipinski definition) is 1. The molecule has 1 fully saturated rings. The molecule has 1 aromatic rings. The number of benzene rings is 1. The zero-order chi connectivity index (χ0) is 15.5. The second-order valence-electron chi connectivity index (χ2n) is 7.46. The lowest BCUT2D eigenvalue weighted by atomic mass is 9.74. The first-order valence-electron chi connectivity index (χ1n) is 7.88. The van der Waals surface area contributed by atoms with Gasteiger partial charge in [-0.1, -0.05) is 6.07 Å². The zero-order valence-corrected chi connectivity index (χ0v) is 13.8. The summed E-state index contributed by atoms with van der Waals surface area (Å²) in [5.41, 5.74) is 2.64. The third-order valence-electron chi connectivity index (χ3n) is 4.42. The Morgan fingerprint density at radius 3 is 2.48 bits per heavy atom. The third kappa shape index (κ3) is 4.79. The standard InChI is InChI=1S/C18H28FNO/c1-14-11-16(19)6-5-15(14)12-18(7-9-21-10-8-18)13-20-17(2,3)4/h5-6,11,20H,7-10,12-13H2,1-4H3. The fourth-order valence-electron chi connectivity index (χ4n) is 2.93. The van der Waals surface area contributed by atoms with Crippen LogP contribution in [0.1, 0.15) is 44.7 Å². The molecule has 0 aromatic heterocycles. The molecule has 0 aliphatic carbocycles. The Balaban J connectivity index is 2.15. The molecule has 1 aliphatic heterocycles. The van der Waals surface area contributed by atoms with Crippen LogP contribution in [0.15, 0.2) is 18.2 Å². The van der Waals surface area contributed by atoms with Crippen LogP contribution < -0.4 is 5.32 Å². The predicted molar refractivity (Wildman–Crippen MR) is 85.1 cm³/mol. The quantitative estimate of drug-likeness (QED) is 0.910. The van der Waals surface area contributed by atoms with Crippen molar-refractivity contribution in [3.05, 3.63) is 35.1 Å². The lowest BCUT2D eigenvalue weighted by molar-refractivity contribution is 0.0120. The van der Waals surface area contributed by atoms with Crippen molar-refractivity contribution in [1.29, 1.82) is 0 Å². The lowest BCUT2D eigenvalue weighted by Gasteiger charge is -2.40. The van der Waals surface area contributed by atoms with Gasteiger partial charge in [-0.15, -0.1) is 0 Å². The second-order valence-corrected chi connectivity index (χ2v) is 7.46. The van der Waals surface area contributed by atoms with Gasteiger partial charge in [0.05, 0.1) is 0 Å². The van der Waals surface area contributed by atoms with Crippen LogP contribution in [0.4, 0.5) is 4.39 Å². The van der Waals surface area contributed by atoms with Crippen molar-refractivity contribution in [3.8, 4) is 0 Å². The van der Waals surface area contributed by atoms with Gasteiger partial charge in [-0.25, -0.2) is 4.39 Å². The first kappa shape index (κ1) is 16.4. The summed E-state index contributed by atoms with van der Waals surface area (Å²) in [6, 6.07) is 5.16. The average Bonchev–Trinajstić information content (AvgIpc) is 2.41. The van der Waals surface area contributed by atoms with Gasteiger partial charge in [-0.3, -0.25) is 0 Å². The number of halogens is 1. The third-order valence-corrected chi connectivity index (χ3v) is 4.42. The molecule has 1 heterocycles. The smallest absolute Gasteiger partial charge is 0.123 e. The molecule has 1 saturated heterocycles. The molecule has 0 bridgehead atoms. The van der Waals surface area contributed by atoms with E-state index in [-0.39, 0.29) is 16.8 Å². The Hall–Kier alpha value is -0.930. The summed E-state index contributed by atoms with van der Waals surface area (Å²) in [4.78, 5) is 0. The van der Waals surface area contributed by atoms with E-state index < -0.39 is 0 Å². The molecule has 1 aliphatic rings. The first-order valence-corrected chi connectivity index (χ1v) is 7.88. The van der Waals surface area contributed by atoms with Gasteiger partial charge >= 0.3 is 0 Å². The maximum atomic E-state index is 13.3. The number of hydrogen-bond acceptors (Lipinski definition) is 2. The summed E-state index contributed by atoms with van der Waals surface area (Å²) < 4.78 is 18.8. The molecule has 0 radical (unpaired) electrons. The zero-order valence-electron chi connectivity index (χ0n) is 13.8. The van der Waals surface area contributed by atoms with E-state index in [1.54, 1.807) is 12.1 Å². The Morgan fingerprint density at radius 1 is 1.24 bits per heavy atom. The van der Waals surface area contributed by atoms with Crippen LogP contribution in [0, 0.1) is 18.2 Å². The first-order chi connectivity index (χ1) is 9.80. The van der Waals surface area contributed by atoms with E-state index in [1.165, 1.54) is 5.56 Å². The van der Waals surface area contributed by atoms with E-state index in [0.29, 0.717) is 0 Å². The van der Waals surface area contributed by atoms with Crippen LogP contribution in [0.3, 0.4) is 0 Å². The van der Waals surface area contributed by atoms with Gasteiger partial charge in [0.15, 0.2) is 0 Å².